The van der Waals surface area contributed by atoms with Crippen molar-refractivity contribution in [2.45, 2.75) is 82.5 Å². The number of ether oxygens (including phenoxy) is 1. The zero-order chi connectivity index (χ0) is 14.0. The molecule has 0 unspecified atom stereocenters. The second kappa shape index (κ2) is 6.33. The van der Waals surface area contributed by atoms with Crippen LogP contribution in [0, 0.1) is 5.92 Å². The van der Waals surface area contributed by atoms with Gasteiger partial charge in [0.15, 0.2) is 0 Å². The number of hydrogen-bond acceptors (Lipinski definition) is 3. The molecule has 0 amide bonds. The maximum Gasteiger partial charge on any atom is 0.0710 e. The molecule has 0 aromatic heterocycles. The average Bonchev–Trinajstić information content (AvgIpc) is 2.83. The second-order valence-electron chi connectivity index (χ2n) is 7.40. The third kappa shape index (κ3) is 3.37. The molecule has 20 heavy (non-hydrogen) atoms. The Bertz CT molecular complexity index is 304. The predicted octanol–water partition coefficient (Wildman–Crippen LogP) is 2.96. The molecular formula is C17H31NO2. The third-order valence-corrected chi connectivity index (χ3v) is 5.88. The highest BCUT2D eigenvalue weighted by Gasteiger charge is 2.41. The number of likely N-dealkylation sites (tertiary alicyclic amines) is 1. The van der Waals surface area contributed by atoms with Crippen molar-refractivity contribution in [3.63, 3.8) is 0 Å². The van der Waals surface area contributed by atoms with Gasteiger partial charge in [-0.2, -0.15) is 0 Å². The van der Waals surface area contributed by atoms with Crippen LogP contribution in [0.2, 0.25) is 0 Å². The molecule has 1 N–H and O–H groups in total. The van der Waals surface area contributed by atoms with Crippen molar-refractivity contribution in [3.8, 4) is 0 Å². The number of aliphatic hydroxyl groups is 1. The summed E-state index contributed by atoms with van der Waals surface area (Å²) < 4.78 is 6.48. The Labute approximate surface area is 123 Å². The van der Waals surface area contributed by atoms with Crippen molar-refractivity contribution in [3.05, 3.63) is 0 Å². The van der Waals surface area contributed by atoms with E-state index < -0.39 is 0 Å². The first-order chi connectivity index (χ1) is 9.67. The molecule has 0 aromatic carbocycles. The van der Waals surface area contributed by atoms with Crippen molar-refractivity contribution in [1.82, 2.24) is 4.90 Å². The van der Waals surface area contributed by atoms with Crippen molar-refractivity contribution in [2.75, 3.05) is 19.6 Å². The van der Waals surface area contributed by atoms with Gasteiger partial charge in [-0.3, -0.25) is 0 Å². The maximum atomic E-state index is 9.67. The van der Waals surface area contributed by atoms with Gasteiger partial charge in [0.1, 0.15) is 0 Å². The zero-order valence-electron chi connectivity index (χ0n) is 13.0. The van der Waals surface area contributed by atoms with Crippen LogP contribution in [-0.4, -0.2) is 47.4 Å². The minimum atomic E-state index is -0.134. The van der Waals surface area contributed by atoms with E-state index in [0.29, 0.717) is 12.0 Å². The van der Waals surface area contributed by atoms with Crippen molar-refractivity contribution in [2.24, 2.45) is 5.92 Å². The smallest absolute Gasteiger partial charge is 0.0710 e. The number of nitrogens with zero attached hydrogens (tertiary/aromatic N) is 1. The summed E-state index contributed by atoms with van der Waals surface area (Å²) in [7, 11) is 0. The molecule has 1 aliphatic carbocycles. The Kier molecular flexibility index (Phi) is 4.68. The Morgan fingerprint density at radius 2 is 1.80 bits per heavy atom. The fraction of sp³-hybridized carbons (Fsp3) is 1.00. The van der Waals surface area contributed by atoms with E-state index in [0.717, 1.165) is 32.5 Å². The van der Waals surface area contributed by atoms with E-state index in [1.807, 2.05) is 6.92 Å². The van der Waals surface area contributed by atoms with E-state index in [2.05, 4.69) is 4.90 Å². The molecule has 0 aromatic rings. The fourth-order valence-electron chi connectivity index (χ4n) is 4.49. The number of rotatable bonds is 3. The van der Waals surface area contributed by atoms with Crippen LogP contribution in [-0.2, 0) is 4.74 Å². The molecule has 3 aliphatic rings. The van der Waals surface area contributed by atoms with Crippen LogP contribution in [0.1, 0.15) is 64.7 Å². The molecule has 2 heterocycles. The molecule has 1 spiro atoms. The summed E-state index contributed by atoms with van der Waals surface area (Å²) >= 11 is 0. The summed E-state index contributed by atoms with van der Waals surface area (Å²) in [5.41, 5.74) is 0.265. The Morgan fingerprint density at radius 1 is 1.10 bits per heavy atom. The van der Waals surface area contributed by atoms with E-state index in [4.69, 9.17) is 4.74 Å². The predicted molar refractivity (Wildman–Crippen MR) is 80.8 cm³/mol. The van der Waals surface area contributed by atoms with Gasteiger partial charge in [-0.1, -0.05) is 19.3 Å². The van der Waals surface area contributed by atoms with E-state index in [9.17, 15) is 5.11 Å². The fourth-order valence-corrected chi connectivity index (χ4v) is 4.49. The monoisotopic (exact) mass is 281 g/mol. The van der Waals surface area contributed by atoms with Gasteiger partial charge in [0, 0.05) is 6.54 Å². The van der Waals surface area contributed by atoms with Gasteiger partial charge in [0.2, 0.25) is 0 Å². The molecule has 116 valence electrons. The first-order valence-corrected chi connectivity index (χ1v) is 8.75. The minimum Gasteiger partial charge on any atom is -0.393 e. The summed E-state index contributed by atoms with van der Waals surface area (Å²) in [6, 6.07) is 0. The van der Waals surface area contributed by atoms with Crippen LogP contribution in [0.3, 0.4) is 0 Å². The maximum absolute atomic E-state index is 9.67. The van der Waals surface area contributed by atoms with E-state index in [1.54, 1.807) is 0 Å². The van der Waals surface area contributed by atoms with Gasteiger partial charge in [0.25, 0.3) is 0 Å². The van der Waals surface area contributed by atoms with Crippen molar-refractivity contribution < 1.29 is 9.84 Å². The lowest BCUT2D eigenvalue weighted by atomic mass is 9.83. The molecule has 3 fully saturated rings. The summed E-state index contributed by atoms with van der Waals surface area (Å²) in [6.07, 6.45) is 11.9. The van der Waals surface area contributed by atoms with Crippen molar-refractivity contribution >= 4 is 0 Å². The third-order valence-electron chi connectivity index (χ3n) is 5.88. The van der Waals surface area contributed by atoms with Crippen LogP contribution in [0.4, 0.5) is 0 Å². The molecule has 1 saturated carbocycles. The summed E-state index contributed by atoms with van der Waals surface area (Å²) in [5, 5.41) is 9.67. The normalized spacial score (nSPS) is 33.6. The highest BCUT2D eigenvalue weighted by molar-refractivity contribution is 4.92. The lowest BCUT2D eigenvalue weighted by molar-refractivity contribution is -0.0746. The van der Waals surface area contributed by atoms with Gasteiger partial charge in [0.05, 0.1) is 17.8 Å². The lowest BCUT2D eigenvalue weighted by Crippen LogP contribution is -2.42. The van der Waals surface area contributed by atoms with Gasteiger partial charge in [-0.15, -0.1) is 0 Å². The molecule has 0 bridgehead atoms. The minimum absolute atomic E-state index is 0.134. The standard InChI is InChI=1S/C17H31NO2/c1-14(19)15-6-11-18(12-7-15)13-16-5-10-17(20-16)8-3-2-4-9-17/h14-16,19H,2-13H2,1H3/t14-,16-/m0/s1. The van der Waals surface area contributed by atoms with Crippen LogP contribution < -0.4 is 0 Å². The summed E-state index contributed by atoms with van der Waals surface area (Å²) in [4.78, 5) is 2.56. The molecule has 0 radical (unpaired) electrons. The van der Waals surface area contributed by atoms with E-state index >= 15 is 0 Å². The average molecular weight is 281 g/mol. The molecule has 2 atom stereocenters. The van der Waals surface area contributed by atoms with Gasteiger partial charge in [-0.05, 0) is 64.5 Å². The SMILES string of the molecule is C[C@H](O)C1CCN(C[C@@H]2CCC3(CCCCC3)O2)CC1. The molecule has 3 nitrogen and oxygen atoms in total. The van der Waals surface area contributed by atoms with Crippen LogP contribution in [0.5, 0.6) is 0 Å². The van der Waals surface area contributed by atoms with Crippen LogP contribution >= 0.6 is 0 Å². The quantitative estimate of drug-likeness (QED) is 0.863. The first-order valence-electron chi connectivity index (χ1n) is 8.75. The molecular weight excluding hydrogens is 250 g/mol. The highest BCUT2D eigenvalue weighted by Crippen LogP contribution is 2.42. The summed E-state index contributed by atoms with van der Waals surface area (Å²) in [5.74, 6) is 0.514. The van der Waals surface area contributed by atoms with Gasteiger partial charge in [-0.25, -0.2) is 0 Å². The number of aliphatic hydroxyl groups excluding tert-OH is 1. The highest BCUT2D eigenvalue weighted by atomic mass is 16.5. The second-order valence-corrected chi connectivity index (χ2v) is 7.40. The topological polar surface area (TPSA) is 32.7 Å². The first kappa shape index (κ1) is 14.8. The van der Waals surface area contributed by atoms with Gasteiger partial charge >= 0.3 is 0 Å². The van der Waals surface area contributed by atoms with Crippen LogP contribution in [0.15, 0.2) is 0 Å². The molecule has 3 rings (SSSR count). The van der Waals surface area contributed by atoms with E-state index in [-0.39, 0.29) is 11.7 Å². The molecule has 2 saturated heterocycles. The largest absolute Gasteiger partial charge is 0.393 e. The Morgan fingerprint density at radius 3 is 2.45 bits per heavy atom. The zero-order valence-corrected chi connectivity index (χ0v) is 13.0. The Hall–Kier alpha value is -0.120. The molecule has 2 aliphatic heterocycles. The van der Waals surface area contributed by atoms with Crippen molar-refractivity contribution in [1.29, 1.82) is 0 Å². The number of hydrogen-bond donors (Lipinski definition) is 1. The number of piperidine rings is 1. The van der Waals surface area contributed by atoms with E-state index in [1.165, 1.54) is 44.9 Å². The lowest BCUT2D eigenvalue weighted by Gasteiger charge is -2.36. The summed E-state index contributed by atoms with van der Waals surface area (Å²) in [6.45, 7) is 5.34. The van der Waals surface area contributed by atoms with Gasteiger partial charge < -0.3 is 14.7 Å². The Balaban J connectivity index is 1.43. The van der Waals surface area contributed by atoms with Crippen LogP contribution in [0.25, 0.3) is 0 Å². The molecule has 3 heteroatoms.